The topological polar surface area (TPSA) is 15.3 Å². The van der Waals surface area contributed by atoms with Crippen molar-refractivity contribution in [3.8, 4) is 0 Å². The van der Waals surface area contributed by atoms with Crippen molar-refractivity contribution in [2.24, 2.45) is 0 Å². The summed E-state index contributed by atoms with van der Waals surface area (Å²) in [7, 11) is 0. The van der Waals surface area contributed by atoms with Crippen LogP contribution in [0.1, 0.15) is 26.2 Å². The molecule has 0 aliphatic carbocycles. The zero-order chi connectivity index (χ0) is 10.4. The number of nitrogens with one attached hydrogen (secondary N) is 1. The fourth-order valence-corrected chi connectivity index (χ4v) is 1.69. The maximum Gasteiger partial charge on any atom is 0.260 e. The Morgan fingerprint density at radius 3 is 2.29 bits per heavy atom. The minimum atomic E-state index is -2.51. The van der Waals surface area contributed by atoms with Crippen molar-refractivity contribution in [1.82, 2.24) is 10.2 Å². The molecule has 0 saturated carbocycles. The lowest BCUT2D eigenvalue weighted by Crippen LogP contribution is -2.40. The predicted molar refractivity (Wildman–Crippen MR) is 53.8 cm³/mol. The third kappa shape index (κ3) is 4.33. The van der Waals surface area contributed by atoms with Gasteiger partial charge in [-0.25, -0.2) is 8.78 Å². The molecule has 1 N–H and O–H groups in total. The normalized spacial score (nSPS) is 21.6. The summed E-state index contributed by atoms with van der Waals surface area (Å²) in [6.45, 7) is 4.97. The quantitative estimate of drug-likeness (QED) is 0.756. The number of nitrogens with zero attached hydrogens (tertiary/aromatic N) is 1. The molecule has 1 aliphatic rings. The van der Waals surface area contributed by atoms with Gasteiger partial charge in [0, 0.05) is 6.42 Å². The molecule has 0 aromatic rings. The summed E-state index contributed by atoms with van der Waals surface area (Å²) in [5, 5.41) is 3.27. The van der Waals surface area contributed by atoms with Gasteiger partial charge in [-0.3, -0.25) is 4.90 Å². The summed E-state index contributed by atoms with van der Waals surface area (Å²) in [4.78, 5) is 1.89. The molecular weight excluding hydrogens is 186 g/mol. The Hall–Kier alpha value is -0.220. The molecule has 1 fully saturated rings. The van der Waals surface area contributed by atoms with Gasteiger partial charge < -0.3 is 5.32 Å². The molecule has 0 aromatic carbocycles. The first-order chi connectivity index (χ1) is 6.64. The average Bonchev–Trinajstić information content (AvgIpc) is 2.10. The van der Waals surface area contributed by atoms with E-state index in [1.165, 1.54) is 0 Å². The molecule has 0 radical (unpaired) electrons. The summed E-state index contributed by atoms with van der Waals surface area (Å²) in [5.41, 5.74) is 0. The average molecular weight is 206 g/mol. The van der Waals surface area contributed by atoms with E-state index in [4.69, 9.17) is 0 Å². The van der Waals surface area contributed by atoms with E-state index in [9.17, 15) is 8.78 Å². The molecule has 84 valence electrons. The Balaban J connectivity index is 2.33. The van der Waals surface area contributed by atoms with E-state index in [0.717, 1.165) is 39.0 Å². The van der Waals surface area contributed by atoms with Gasteiger partial charge in [-0.2, -0.15) is 0 Å². The number of hydrogen-bond donors (Lipinski definition) is 1. The summed E-state index contributed by atoms with van der Waals surface area (Å²) < 4.78 is 26.2. The molecule has 0 atom stereocenters. The first-order valence-corrected chi connectivity index (χ1v) is 5.45. The summed E-state index contributed by atoms with van der Waals surface area (Å²) in [5.74, 6) is -2.51. The Bertz CT molecular complexity index is 154. The standard InChI is InChI=1S/C10H20F2N2/c1-2-10(11,12)9-14-7-3-5-13-6-4-8-14/h13H,2-9H2,1H3. The highest BCUT2D eigenvalue weighted by Crippen LogP contribution is 2.19. The van der Waals surface area contributed by atoms with E-state index in [0.29, 0.717) is 0 Å². The molecule has 0 aromatic heterocycles. The fraction of sp³-hybridized carbons (Fsp3) is 1.00. The Morgan fingerprint density at radius 2 is 1.79 bits per heavy atom. The van der Waals surface area contributed by atoms with Crippen LogP contribution in [-0.4, -0.2) is 43.5 Å². The molecule has 0 amide bonds. The van der Waals surface area contributed by atoms with E-state index in [1.54, 1.807) is 6.92 Å². The van der Waals surface area contributed by atoms with Gasteiger partial charge in [0.2, 0.25) is 0 Å². The van der Waals surface area contributed by atoms with Crippen LogP contribution in [0.5, 0.6) is 0 Å². The predicted octanol–water partition coefficient (Wildman–Crippen LogP) is 1.72. The van der Waals surface area contributed by atoms with Gasteiger partial charge in [-0.15, -0.1) is 0 Å². The molecule has 0 spiro atoms. The van der Waals surface area contributed by atoms with Crippen molar-refractivity contribution in [2.75, 3.05) is 32.7 Å². The van der Waals surface area contributed by atoms with Crippen molar-refractivity contribution in [3.63, 3.8) is 0 Å². The number of hydrogen-bond acceptors (Lipinski definition) is 2. The summed E-state index contributed by atoms with van der Waals surface area (Å²) in [6, 6.07) is 0. The van der Waals surface area contributed by atoms with Crippen molar-refractivity contribution in [2.45, 2.75) is 32.1 Å². The van der Waals surface area contributed by atoms with Crippen LogP contribution in [0.25, 0.3) is 0 Å². The second-order valence-corrected chi connectivity index (χ2v) is 3.94. The maximum atomic E-state index is 13.1. The maximum absolute atomic E-state index is 13.1. The second-order valence-electron chi connectivity index (χ2n) is 3.94. The van der Waals surface area contributed by atoms with E-state index in [1.807, 2.05) is 4.90 Å². The zero-order valence-corrected chi connectivity index (χ0v) is 8.86. The smallest absolute Gasteiger partial charge is 0.260 e. The molecular formula is C10H20F2N2. The first-order valence-electron chi connectivity index (χ1n) is 5.45. The molecule has 2 nitrogen and oxygen atoms in total. The molecule has 1 saturated heterocycles. The lowest BCUT2D eigenvalue weighted by molar-refractivity contribution is -0.0361. The second kappa shape index (κ2) is 5.61. The van der Waals surface area contributed by atoms with Crippen molar-refractivity contribution >= 4 is 0 Å². The van der Waals surface area contributed by atoms with Crippen molar-refractivity contribution < 1.29 is 8.78 Å². The molecule has 0 bridgehead atoms. The zero-order valence-electron chi connectivity index (χ0n) is 8.86. The van der Waals surface area contributed by atoms with Gasteiger partial charge in [0.25, 0.3) is 5.92 Å². The third-order valence-electron chi connectivity index (χ3n) is 2.63. The van der Waals surface area contributed by atoms with Crippen LogP contribution in [0.3, 0.4) is 0 Å². The molecule has 0 unspecified atom stereocenters. The summed E-state index contributed by atoms with van der Waals surface area (Å²) in [6.07, 6.45) is 1.89. The van der Waals surface area contributed by atoms with Gasteiger partial charge in [0.05, 0.1) is 6.54 Å². The van der Waals surface area contributed by atoms with E-state index < -0.39 is 5.92 Å². The van der Waals surface area contributed by atoms with Crippen LogP contribution < -0.4 is 5.32 Å². The minimum Gasteiger partial charge on any atom is -0.317 e. The number of halogens is 2. The van der Waals surface area contributed by atoms with Crippen LogP contribution in [0.15, 0.2) is 0 Å². The van der Waals surface area contributed by atoms with E-state index in [-0.39, 0.29) is 13.0 Å². The fourth-order valence-electron chi connectivity index (χ4n) is 1.69. The van der Waals surface area contributed by atoms with Gasteiger partial charge in [0.15, 0.2) is 0 Å². The summed E-state index contributed by atoms with van der Waals surface area (Å²) >= 11 is 0. The first kappa shape index (κ1) is 11.9. The van der Waals surface area contributed by atoms with Crippen LogP contribution >= 0.6 is 0 Å². The van der Waals surface area contributed by atoms with E-state index in [2.05, 4.69) is 5.32 Å². The van der Waals surface area contributed by atoms with E-state index >= 15 is 0 Å². The lowest BCUT2D eigenvalue weighted by Gasteiger charge is -2.28. The molecule has 1 aliphatic heterocycles. The van der Waals surface area contributed by atoms with Crippen LogP contribution in [-0.2, 0) is 0 Å². The lowest BCUT2D eigenvalue weighted by atomic mass is 10.2. The van der Waals surface area contributed by atoms with Crippen molar-refractivity contribution in [3.05, 3.63) is 0 Å². The van der Waals surface area contributed by atoms with Gasteiger partial charge >= 0.3 is 0 Å². The Labute approximate surface area is 84.7 Å². The minimum absolute atomic E-state index is 0.0538. The molecule has 1 heterocycles. The highest BCUT2D eigenvalue weighted by Gasteiger charge is 2.28. The monoisotopic (exact) mass is 206 g/mol. The largest absolute Gasteiger partial charge is 0.317 e. The van der Waals surface area contributed by atoms with Gasteiger partial charge in [-0.05, 0) is 39.0 Å². The third-order valence-corrected chi connectivity index (χ3v) is 2.63. The van der Waals surface area contributed by atoms with Gasteiger partial charge in [0.1, 0.15) is 0 Å². The molecule has 1 rings (SSSR count). The molecule has 14 heavy (non-hydrogen) atoms. The Morgan fingerprint density at radius 1 is 1.21 bits per heavy atom. The van der Waals surface area contributed by atoms with Gasteiger partial charge in [-0.1, -0.05) is 6.92 Å². The van der Waals surface area contributed by atoms with Crippen LogP contribution in [0.2, 0.25) is 0 Å². The molecule has 4 heteroatoms. The Kier molecular flexibility index (Phi) is 4.75. The van der Waals surface area contributed by atoms with Crippen LogP contribution in [0.4, 0.5) is 8.78 Å². The SMILES string of the molecule is CCC(F)(F)CN1CCCNCCC1. The number of rotatable bonds is 3. The highest BCUT2D eigenvalue weighted by atomic mass is 19.3. The van der Waals surface area contributed by atoms with Crippen molar-refractivity contribution in [1.29, 1.82) is 0 Å². The van der Waals surface area contributed by atoms with Crippen LogP contribution in [0, 0.1) is 0 Å². The highest BCUT2D eigenvalue weighted by molar-refractivity contribution is 4.72. The number of alkyl halides is 2.